The van der Waals surface area contributed by atoms with E-state index in [1.807, 2.05) is 6.20 Å². The number of aromatic nitrogens is 1. The third-order valence-corrected chi connectivity index (χ3v) is 12.3. The maximum absolute atomic E-state index is 3.55. The van der Waals surface area contributed by atoms with Crippen molar-refractivity contribution in [1.82, 2.24) is 9.88 Å². The van der Waals surface area contributed by atoms with Crippen LogP contribution in [-0.2, 0) is 5.41 Å². The first-order chi connectivity index (χ1) is 26.8. The number of rotatable bonds is 3. The zero-order chi connectivity index (χ0) is 35.4. The van der Waals surface area contributed by atoms with E-state index >= 15 is 0 Å². The number of dihydropyridines is 1. The Balaban J connectivity index is 1.06. The molecule has 2 nitrogen and oxygen atoms in total. The van der Waals surface area contributed by atoms with Crippen LogP contribution in [0.3, 0.4) is 0 Å². The highest BCUT2D eigenvalue weighted by molar-refractivity contribution is 6.13. The molecule has 1 aromatic heterocycles. The van der Waals surface area contributed by atoms with Crippen LogP contribution in [0.25, 0.3) is 66.4 Å². The molecule has 1 spiro atoms. The minimum Gasteiger partial charge on any atom is -0.380 e. The van der Waals surface area contributed by atoms with Gasteiger partial charge in [0.15, 0.2) is 0 Å². The SMILES string of the molecule is C1=CNC2C(=C1)C=CC=C2c1ccc(-c2ccccc2-c2ccc3c(c2)C2(c4ccccc4-3)c3ccccc3-n3c4ccccc4c4cccc2c43)cc1. The fourth-order valence-corrected chi connectivity index (χ4v) is 10.1. The lowest BCUT2D eigenvalue weighted by Gasteiger charge is -2.39. The van der Waals surface area contributed by atoms with Crippen LogP contribution in [0.2, 0.25) is 0 Å². The first-order valence-electron chi connectivity index (χ1n) is 18.9. The monoisotopic (exact) mass is 686 g/mol. The van der Waals surface area contributed by atoms with Crippen molar-refractivity contribution >= 4 is 27.4 Å². The summed E-state index contributed by atoms with van der Waals surface area (Å²) < 4.78 is 2.52. The molecule has 3 heterocycles. The number of nitrogens with one attached hydrogen (secondary N) is 1. The van der Waals surface area contributed by atoms with Crippen LogP contribution in [0.1, 0.15) is 27.8 Å². The Morgan fingerprint density at radius 1 is 0.481 bits per heavy atom. The summed E-state index contributed by atoms with van der Waals surface area (Å²) >= 11 is 0. The summed E-state index contributed by atoms with van der Waals surface area (Å²) in [5.74, 6) is 0. The van der Waals surface area contributed by atoms with Crippen molar-refractivity contribution in [3.05, 3.63) is 228 Å². The van der Waals surface area contributed by atoms with E-state index < -0.39 is 5.41 Å². The highest BCUT2D eigenvalue weighted by Crippen LogP contribution is 2.61. The summed E-state index contributed by atoms with van der Waals surface area (Å²) in [6.07, 6.45) is 12.9. The molecule has 0 saturated carbocycles. The minimum absolute atomic E-state index is 0.179. The van der Waals surface area contributed by atoms with E-state index in [1.54, 1.807) is 0 Å². The molecular weight excluding hydrogens is 653 g/mol. The molecule has 0 radical (unpaired) electrons. The number of allylic oxidation sites excluding steroid dienone is 4. The third kappa shape index (κ3) is 3.84. The fraction of sp³-hybridized carbons (Fsp3) is 0.0385. The average molecular weight is 687 g/mol. The van der Waals surface area contributed by atoms with Gasteiger partial charge in [-0.1, -0.05) is 164 Å². The molecule has 2 aliphatic heterocycles. The number of benzene rings is 7. The molecule has 2 heteroatoms. The molecule has 2 aliphatic carbocycles. The summed E-state index contributed by atoms with van der Waals surface area (Å²) in [5.41, 5.74) is 20.0. The van der Waals surface area contributed by atoms with Crippen LogP contribution in [0.4, 0.5) is 0 Å². The molecule has 0 fully saturated rings. The number of fused-ring (bicyclic) bond motifs is 13. The van der Waals surface area contributed by atoms with Crippen LogP contribution in [0.5, 0.6) is 0 Å². The second-order valence-electron chi connectivity index (χ2n) is 14.9. The Bertz CT molecular complexity index is 3020. The number of para-hydroxylation sites is 3. The smallest absolute Gasteiger partial charge is 0.0768 e. The predicted molar refractivity (Wildman–Crippen MR) is 224 cm³/mol. The summed E-state index contributed by atoms with van der Waals surface area (Å²) in [6.45, 7) is 0. The zero-order valence-corrected chi connectivity index (χ0v) is 29.5. The fourth-order valence-electron chi connectivity index (χ4n) is 10.1. The highest BCUT2D eigenvalue weighted by atomic mass is 15.0. The lowest BCUT2D eigenvalue weighted by Crippen LogP contribution is -2.33. The van der Waals surface area contributed by atoms with Crippen LogP contribution in [0, 0.1) is 0 Å². The van der Waals surface area contributed by atoms with E-state index in [0.717, 1.165) is 0 Å². The number of nitrogens with zero attached hydrogens (tertiary/aromatic N) is 1. The molecule has 0 saturated heterocycles. The maximum atomic E-state index is 3.55. The van der Waals surface area contributed by atoms with E-state index in [0.29, 0.717) is 0 Å². The van der Waals surface area contributed by atoms with Gasteiger partial charge < -0.3 is 9.88 Å². The Labute approximate surface area is 314 Å². The van der Waals surface area contributed by atoms with Crippen molar-refractivity contribution in [2.45, 2.75) is 11.5 Å². The van der Waals surface area contributed by atoms with Gasteiger partial charge >= 0.3 is 0 Å². The van der Waals surface area contributed by atoms with Crippen molar-refractivity contribution in [2.75, 3.05) is 0 Å². The topological polar surface area (TPSA) is 17.0 Å². The molecule has 4 aliphatic rings. The molecule has 12 rings (SSSR count). The van der Waals surface area contributed by atoms with Crippen molar-refractivity contribution in [1.29, 1.82) is 0 Å². The van der Waals surface area contributed by atoms with E-state index in [9.17, 15) is 0 Å². The number of hydrogen-bond donors (Lipinski definition) is 1. The van der Waals surface area contributed by atoms with Crippen LogP contribution in [-0.4, -0.2) is 10.6 Å². The van der Waals surface area contributed by atoms with Crippen molar-refractivity contribution < 1.29 is 0 Å². The average Bonchev–Trinajstić information content (AvgIpc) is 3.74. The molecule has 7 aromatic carbocycles. The maximum Gasteiger partial charge on any atom is 0.0768 e. The standard InChI is InChI=1S/C52H34N2/c1-2-15-38(37(14-1)33-25-27-34(28-26-33)39-18-9-12-35-13-11-31-53-50(35)39)36-29-30-41-40-16-3-5-20-44(40)52(47(41)32-36)45-21-6-8-24-49(45)54-48-23-7-4-17-42(48)43-19-10-22-46(52)51(43)54/h1-32,50,53H. The summed E-state index contributed by atoms with van der Waals surface area (Å²) in [5, 5.41) is 6.15. The second kappa shape index (κ2) is 11.1. The van der Waals surface area contributed by atoms with Gasteiger partial charge in [-0.2, -0.15) is 0 Å². The van der Waals surface area contributed by atoms with Gasteiger partial charge in [0.25, 0.3) is 0 Å². The van der Waals surface area contributed by atoms with Crippen molar-refractivity contribution in [2.24, 2.45) is 0 Å². The van der Waals surface area contributed by atoms with Gasteiger partial charge in [-0.3, -0.25) is 0 Å². The molecule has 0 bridgehead atoms. The zero-order valence-electron chi connectivity index (χ0n) is 29.5. The Morgan fingerprint density at radius 3 is 2.04 bits per heavy atom. The molecule has 0 amide bonds. The van der Waals surface area contributed by atoms with Gasteiger partial charge in [0, 0.05) is 10.8 Å². The second-order valence-corrected chi connectivity index (χ2v) is 14.9. The Hall–Kier alpha value is -6.90. The first-order valence-corrected chi connectivity index (χ1v) is 18.9. The molecule has 1 N–H and O–H groups in total. The Morgan fingerprint density at radius 2 is 1.15 bits per heavy atom. The lowest BCUT2D eigenvalue weighted by molar-refractivity contribution is 0.749. The Kier molecular flexibility index (Phi) is 6.07. The van der Waals surface area contributed by atoms with Gasteiger partial charge in [-0.25, -0.2) is 0 Å². The van der Waals surface area contributed by atoms with E-state index in [2.05, 4.69) is 198 Å². The van der Waals surface area contributed by atoms with Gasteiger partial charge in [-0.05, 0) is 103 Å². The van der Waals surface area contributed by atoms with E-state index in [1.165, 1.54) is 99.8 Å². The van der Waals surface area contributed by atoms with Crippen LogP contribution in [0.15, 0.2) is 200 Å². The molecule has 8 aromatic rings. The minimum atomic E-state index is -0.475. The van der Waals surface area contributed by atoms with Gasteiger partial charge in [0.05, 0.1) is 28.2 Å². The van der Waals surface area contributed by atoms with Crippen LogP contribution < -0.4 is 5.32 Å². The highest BCUT2D eigenvalue weighted by Gasteiger charge is 2.50. The predicted octanol–water partition coefficient (Wildman–Crippen LogP) is 12.2. The van der Waals surface area contributed by atoms with Gasteiger partial charge in [-0.15, -0.1) is 0 Å². The number of hydrogen-bond acceptors (Lipinski definition) is 1. The van der Waals surface area contributed by atoms with Crippen molar-refractivity contribution in [3.8, 4) is 39.1 Å². The first kappa shape index (κ1) is 29.7. The van der Waals surface area contributed by atoms with Crippen molar-refractivity contribution in [3.63, 3.8) is 0 Å². The van der Waals surface area contributed by atoms with E-state index in [4.69, 9.17) is 0 Å². The summed E-state index contributed by atoms with van der Waals surface area (Å²) in [6, 6.07) is 59.5. The molecular formula is C52H34N2. The molecule has 2 unspecified atom stereocenters. The largest absolute Gasteiger partial charge is 0.380 e. The molecule has 2 atom stereocenters. The quantitative estimate of drug-likeness (QED) is 0.196. The lowest BCUT2D eigenvalue weighted by atomic mass is 9.65. The van der Waals surface area contributed by atoms with Crippen LogP contribution >= 0.6 is 0 Å². The summed E-state index contributed by atoms with van der Waals surface area (Å²) in [7, 11) is 0. The van der Waals surface area contributed by atoms with Gasteiger partial charge in [0.2, 0.25) is 0 Å². The third-order valence-electron chi connectivity index (χ3n) is 12.3. The molecule has 252 valence electrons. The van der Waals surface area contributed by atoms with E-state index in [-0.39, 0.29) is 6.04 Å². The molecule has 54 heavy (non-hydrogen) atoms. The normalized spacial score (nSPS) is 18.5. The van der Waals surface area contributed by atoms with Gasteiger partial charge in [0.1, 0.15) is 0 Å². The summed E-state index contributed by atoms with van der Waals surface area (Å²) in [4.78, 5) is 0.